The molecule has 78 valence electrons. The molecule has 0 saturated heterocycles. The Labute approximate surface area is 88.0 Å². The van der Waals surface area contributed by atoms with Gasteiger partial charge in [-0.15, -0.1) is 0 Å². The summed E-state index contributed by atoms with van der Waals surface area (Å²) in [5.41, 5.74) is 2.63. The number of carboxylic acids is 1. The van der Waals surface area contributed by atoms with Crippen LogP contribution in [0.4, 0.5) is 0 Å². The molecule has 0 aliphatic heterocycles. The van der Waals surface area contributed by atoms with Gasteiger partial charge in [-0.1, -0.05) is 12.1 Å². The second kappa shape index (κ2) is 4.55. The molecule has 1 aromatic carbocycles. The van der Waals surface area contributed by atoms with E-state index in [1.165, 1.54) is 0 Å². The van der Waals surface area contributed by atoms with Crippen LogP contribution in [0.2, 0.25) is 0 Å². The molecule has 0 aromatic heterocycles. The van der Waals surface area contributed by atoms with Gasteiger partial charge in [0.05, 0.1) is 0 Å². The molecule has 0 saturated carbocycles. The zero-order valence-electron chi connectivity index (χ0n) is 8.65. The van der Waals surface area contributed by atoms with E-state index < -0.39 is 5.97 Å². The Kier molecular flexibility index (Phi) is 3.39. The zero-order valence-corrected chi connectivity index (χ0v) is 8.65. The minimum absolute atomic E-state index is 0.291. The molecule has 3 heteroatoms. The second-order valence-corrected chi connectivity index (χ2v) is 3.33. The number of aryl methyl sites for hydroxylation is 2. The van der Waals surface area contributed by atoms with E-state index in [1.54, 1.807) is 12.1 Å². The quantitative estimate of drug-likeness (QED) is 0.606. The van der Waals surface area contributed by atoms with Crippen LogP contribution in [0.5, 0.6) is 0 Å². The molecule has 0 unspecified atom stereocenters. The summed E-state index contributed by atoms with van der Waals surface area (Å²) in [4.78, 5) is 21.7. The number of hydrogen-bond acceptors (Lipinski definition) is 2. The summed E-state index contributed by atoms with van der Waals surface area (Å²) >= 11 is 0. The Morgan fingerprint density at radius 3 is 2.33 bits per heavy atom. The third-order valence-corrected chi connectivity index (χ3v) is 2.17. The van der Waals surface area contributed by atoms with E-state index in [4.69, 9.17) is 5.11 Å². The molecule has 0 radical (unpaired) electrons. The largest absolute Gasteiger partial charge is 0.478 e. The van der Waals surface area contributed by atoms with E-state index in [-0.39, 0.29) is 5.78 Å². The van der Waals surface area contributed by atoms with Crippen LogP contribution in [0.25, 0.3) is 0 Å². The van der Waals surface area contributed by atoms with E-state index in [0.29, 0.717) is 5.56 Å². The van der Waals surface area contributed by atoms with E-state index in [0.717, 1.165) is 23.3 Å². The topological polar surface area (TPSA) is 54.4 Å². The molecule has 0 heterocycles. The molecule has 3 nitrogen and oxygen atoms in total. The maximum Gasteiger partial charge on any atom is 0.328 e. The number of hydrogen-bond donors (Lipinski definition) is 1. The third-order valence-electron chi connectivity index (χ3n) is 2.17. The minimum Gasteiger partial charge on any atom is -0.478 e. The van der Waals surface area contributed by atoms with Crippen molar-refractivity contribution in [1.82, 2.24) is 0 Å². The van der Waals surface area contributed by atoms with E-state index >= 15 is 0 Å². The molecular weight excluding hydrogens is 192 g/mol. The van der Waals surface area contributed by atoms with Crippen molar-refractivity contribution in [3.05, 3.63) is 47.0 Å². The van der Waals surface area contributed by atoms with Gasteiger partial charge in [0.15, 0.2) is 5.78 Å². The molecule has 0 aliphatic rings. The van der Waals surface area contributed by atoms with Crippen LogP contribution >= 0.6 is 0 Å². The van der Waals surface area contributed by atoms with E-state index in [1.807, 2.05) is 19.9 Å². The van der Waals surface area contributed by atoms with Crippen molar-refractivity contribution in [3.63, 3.8) is 0 Å². The number of carbonyl (C=O) groups is 2. The first-order valence-corrected chi connectivity index (χ1v) is 4.53. The Balaban J connectivity index is 2.92. The first kappa shape index (κ1) is 11.2. The predicted octanol–water partition coefficient (Wildman–Crippen LogP) is 2.13. The lowest BCUT2D eigenvalue weighted by atomic mass is 10.0. The van der Waals surface area contributed by atoms with Crippen molar-refractivity contribution in [2.75, 3.05) is 0 Å². The molecule has 0 amide bonds. The average Bonchev–Trinajstić information content (AvgIpc) is 2.18. The lowest BCUT2D eigenvalue weighted by molar-refractivity contribution is -0.131. The summed E-state index contributed by atoms with van der Waals surface area (Å²) in [7, 11) is 0. The second-order valence-electron chi connectivity index (χ2n) is 3.33. The van der Waals surface area contributed by atoms with Crippen LogP contribution < -0.4 is 0 Å². The van der Waals surface area contributed by atoms with Gasteiger partial charge in [0, 0.05) is 11.6 Å². The molecule has 0 aliphatic carbocycles. The predicted molar refractivity (Wildman–Crippen MR) is 57.0 cm³/mol. The van der Waals surface area contributed by atoms with Crippen molar-refractivity contribution in [2.24, 2.45) is 0 Å². The molecule has 15 heavy (non-hydrogen) atoms. The Morgan fingerprint density at radius 1 is 1.13 bits per heavy atom. The van der Waals surface area contributed by atoms with Gasteiger partial charge < -0.3 is 5.11 Å². The zero-order chi connectivity index (χ0) is 11.4. The number of carbonyl (C=O) groups excluding carboxylic acids is 1. The Morgan fingerprint density at radius 2 is 1.80 bits per heavy atom. The molecule has 0 fully saturated rings. The highest BCUT2D eigenvalue weighted by atomic mass is 16.4. The molecule has 0 spiro atoms. The Bertz CT molecular complexity index is 430. The maximum absolute atomic E-state index is 11.5. The minimum atomic E-state index is -1.12. The van der Waals surface area contributed by atoms with E-state index in [9.17, 15) is 9.59 Å². The van der Waals surface area contributed by atoms with Crippen LogP contribution in [0.1, 0.15) is 21.5 Å². The van der Waals surface area contributed by atoms with Crippen molar-refractivity contribution >= 4 is 11.8 Å². The number of allylic oxidation sites excluding steroid dienone is 1. The van der Waals surface area contributed by atoms with Gasteiger partial charge in [-0.25, -0.2) is 4.79 Å². The highest BCUT2D eigenvalue weighted by molar-refractivity contribution is 6.06. The van der Waals surface area contributed by atoms with Gasteiger partial charge >= 0.3 is 5.97 Å². The summed E-state index contributed by atoms with van der Waals surface area (Å²) in [6, 6.07) is 5.29. The van der Waals surface area contributed by atoms with Crippen molar-refractivity contribution in [3.8, 4) is 0 Å². The van der Waals surface area contributed by atoms with Crippen LogP contribution in [0, 0.1) is 13.8 Å². The highest BCUT2D eigenvalue weighted by Gasteiger charge is 2.03. The Hall–Kier alpha value is -1.90. The number of benzene rings is 1. The SMILES string of the molecule is Cc1ccc(C(=O)C=CC(=O)O)cc1C. The fourth-order valence-electron chi connectivity index (χ4n) is 1.14. The number of aliphatic carboxylic acids is 1. The first-order chi connectivity index (χ1) is 7.00. The summed E-state index contributed by atoms with van der Waals surface area (Å²) in [5.74, 6) is -1.41. The molecule has 1 N–H and O–H groups in total. The first-order valence-electron chi connectivity index (χ1n) is 4.53. The average molecular weight is 204 g/mol. The van der Waals surface area contributed by atoms with Gasteiger partial charge in [-0.2, -0.15) is 0 Å². The maximum atomic E-state index is 11.5. The van der Waals surface area contributed by atoms with Crippen molar-refractivity contribution in [2.45, 2.75) is 13.8 Å². The van der Waals surface area contributed by atoms with Crippen molar-refractivity contribution < 1.29 is 14.7 Å². The summed E-state index contributed by atoms with van der Waals surface area (Å²) < 4.78 is 0. The third kappa shape index (κ3) is 3.06. The van der Waals surface area contributed by atoms with Gasteiger partial charge in [0.25, 0.3) is 0 Å². The van der Waals surface area contributed by atoms with Gasteiger partial charge in [-0.3, -0.25) is 4.79 Å². The lowest BCUT2D eigenvalue weighted by Gasteiger charge is -2.01. The summed E-state index contributed by atoms with van der Waals surface area (Å²) in [5, 5.41) is 8.37. The van der Waals surface area contributed by atoms with Crippen LogP contribution in [-0.2, 0) is 4.79 Å². The summed E-state index contributed by atoms with van der Waals surface area (Å²) in [6.07, 6.45) is 1.91. The highest BCUT2D eigenvalue weighted by Crippen LogP contribution is 2.10. The lowest BCUT2D eigenvalue weighted by Crippen LogP contribution is -1.97. The monoisotopic (exact) mass is 204 g/mol. The van der Waals surface area contributed by atoms with Gasteiger partial charge in [0.2, 0.25) is 0 Å². The van der Waals surface area contributed by atoms with Gasteiger partial charge in [-0.05, 0) is 37.1 Å². The van der Waals surface area contributed by atoms with Crippen LogP contribution in [0.15, 0.2) is 30.4 Å². The molecule has 0 atom stereocenters. The fourth-order valence-corrected chi connectivity index (χ4v) is 1.14. The smallest absolute Gasteiger partial charge is 0.328 e. The van der Waals surface area contributed by atoms with Gasteiger partial charge in [0.1, 0.15) is 0 Å². The number of rotatable bonds is 3. The summed E-state index contributed by atoms with van der Waals surface area (Å²) in [6.45, 7) is 3.86. The molecule has 1 rings (SSSR count). The van der Waals surface area contributed by atoms with E-state index in [2.05, 4.69) is 0 Å². The standard InChI is InChI=1S/C12H12O3/c1-8-3-4-10(7-9(8)2)11(13)5-6-12(14)15/h3-7H,1-2H3,(H,14,15). The van der Waals surface area contributed by atoms with Crippen LogP contribution in [0.3, 0.4) is 0 Å². The molecule has 0 bridgehead atoms. The fraction of sp³-hybridized carbons (Fsp3) is 0.167. The molecule has 1 aromatic rings. The number of ketones is 1. The number of carboxylic acid groups (broad SMARTS) is 1. The van der Waals surface area contributed by atoms with Crippen molar-refractivity contribution in [1.29, 1.82) is 0 Å². The molecular formula is C12H12O3. The van der Waals surface area contributed by atoms with Crippen LogP contribution in [-0.4, -0.2) is 16.9 Å². The normalized spacial score (nSPS) is 10.5.